The van der Waals surface area contributed by atoms with Gasteiger partial charge in [0.05, 0.1) is 12.2 Å². The van der Waals surface area contributed by atoms with Gasteiger partial charge in [-0.25, -0.2) is 14.4 Å². The number of carboxylic acids is 1. The first-order valence-electron chi connectivity index (χ1n) is 10.9. The summed E-state index contributed by atoms with van der Waals surface area (Å²) >= 11 is 1.38. The Hall–Kier alpha value is -2.17. The molecule has 2 unspecified atom stereocenters. The van der Waals surface area contributed by atoms with Crippen molar-refractivity contribution in [2.45, 2.75) is 64.3 Å². The fourth-order valence-electron chi connectivity index (χ4n) is 3.74. The molecule has 3 rings (SSSR count). The number of hydrogen-bond donors (Lipinski definition) is 3. The Balaban J connectivity index is 1.84. The van der Waals surface area contributed by atoms with E-state index in [4.69, 9.17) is 9.05 Å². The molecule has 3 N–H and O–H groups in total. The number of fused-ring (bicyclic) bond motifs is 1. The Morgan fingerprint density at radius 1 is 1.15 bits per heavy atom. The van der Waals surface area contributed by atoms with Crippen LogP contribution in [0.4, 0.5) is 0 Å². The zero-order valence-electron chi connectivity index (χ0n) is 19.7. The maximum atomic E-state index is 13.5. The highest BCUT2D eigenvalue weighted by atomic mass is 32.2. The van der Waals surface area contributed by atoms with Gasteiger partial charge in [0.25, 0.3) is 5.91 Å². The van der Waals surface area contributed by atoms with E-state index < -0.39 is 55.2 Å². The fourth-order valence-corrected chi connectivity index (χ4v) is 6.90. The highest BCUT2D eigenvalue weighted by Crippen LogP contribution is 2.49. The van der Waals surface area contributed by atoms with Crippen LogP contribution in [0.3, 0.4) is 0 Å². The summed E-state index contributed by atoms with van der Waals surface area (Å²) in [5.41, 5.74) is 1.05. The molecule has 2 aliphatic rings. The minimum absolute atomic E-state index is 0.0443. The van der Waals surface area contributed by atoms with Gasteiger partial charge < -0.3 is 10.4 Å². The maximum absolute atomic E-state index is 13.5. The van der Waals surface area contributed by atoms with Crippen molar-refractivity contribution in [2.24, 2.45) is 0 Å². The zero-order chi connectivity index (χ0) is 25.2. The molecule has 2 amide bonds. The lowest BCUT2D eigenvalue weighted by Gasteiger charge is -2.49. The van der Waals surface area contributed by atoms with Crippen LogP contribution in [0.15, 0.2) is 41.6 Å². The number of rotatable bonds is 10. The van der Waals surface area contributed by atoms with Crippen molar-refractivity contribution < 1.29 is 33.1 Å². The Bertz CT molecular complexity index is 1020. The van der Waals surface area contributed by atoms with E-state index in [1.807, 2.05) is 0 Å². The smallest absolute Gasteiger partial charge is 0.406 e. The molecule has 0 aromatic heterocycles. The summed E-state index contributed by atoms with van der Waals surface area (Å²) in [6.45, 7) is 8.47. The number of carbonyl (C=O) groups is 3. The summed E-state index contributed by atoms with van der Waals surface area (Å²) in [6, 6.07) is 6.56. The number of hydrogen-bond acceptors (Lipinski definition) is 7. The average Bonchev–Trinajstić information content (AvgIpc) is 2.74. The molecule has 1 aromatic carbocycles. The third-order valence-corrected chi connectivity index (χ3v) is 8.44. The molecule has 0 spiro atoms. The Labute approximate surface area is 203 Å². The van der Waals surface area contributed by atoms with Crippen LogP contribution in [0, 0.1) is 0 Å². The first kappa shape index (κ1) is 26.4. The van der Waals surface area contributed by atoms with Gasteiger partial charge in [-0.15, -0.1) is 11.8 Å². The van der Waals surface area contributed by atoms with Crippen molar-refractivity contribution in [2.75, 3.05) is 5.75 Å². The average molecular weight is 512 g/mol. The van der Waals surface area contributed by atoms with Crippen LogP contribution < -0.4 is 10.4 Å². The molecule has 10 nitrogen and oxygen atoms in total. The molecule has 0 radical (unpaired) electrons. The van der Waals surface area contributed by atoms with Gasteiger partial charge in [-0.1, -0.05) is 30.3 Å². The SMILES string of the molecule is CC1=C(C(=O)O)N2C(=O)C(NC(=O)C(NP(=O)(OC(C)C)OC(C)C)c3ccccc3)[C@@H]2SC1. The Kier molecular flexibility index (Phi) is 8.26. The maximum Gasteiger partial charge on any atom is 0.406 e. The molecule has 2 heterocycles. The number of β-lactam (4-membered cyclic amide) rings is 1. The van der Waals surface area contributed by atoms with Gasteiger partial charge in [0.1, 0.15) is 23.2 Å². The molecule has 2 aliphatic heterocycles. The molecule has 1 aromatic rings. The molecular formula is C22H30N3O7PS. The van der Waals surface area contributed by atoms with Gasteiger partial charge in [0, 0.05) is 5.75 Å². The van der Waals surface area contributed by atoms with E-state index in [2.05, 4.69) is 10.4 Å². The van der Waals surface area contributed by atoms with E-state index >= 15 is 0 Å². The van der Waals surface area contributed by atoms with E-state index in [-0.39, 0.29) is 5.70 Å². The van der Waals surface area contributed by atoms with Gasteiger partial charge in [0.15, 0.2) is 0 Å². The number of aliphatic carboxylic acids is 1. The quantitative estimate of drug-likeness (QED) is 0.320. The molecule has 0 bridgehead atoms. The molecule has 3 atom stereocenters. The Morgan fingerprint density at radius 3 is 2.26 bits per heavy atom. The molecule has 34 heavy (non-hydrogen) atoms. The lowest BCUT2D eigenvalue weighted by molar-refractivity contribution is -0.151. The number of carbonyl (C=O) groups excluding carboxylic acids is 2. The highest BCUT2D eigenvalue weighted by molar-refractivity contribution is 8.00. The number of nitrogens with zero attached hydrogens (tertiary/aromatic N) is 1. The lowest BCUT2D eigenvalue weighted by atomic mass is 10.0. The van der Waals surface area contributed by atoms with Crippen molar-refractivity contribution in [3.8, 4) is 0 Å². The second-order valence-corrected chi connectivity index (χ2v) is 11.4. The number of amides is 2. The second-order valence-electron chi connectivity index (χ2n) is 8.61. The third kappa shape index (κ3) is 5.72. The summed E-state index contributed by atoms with van der Waals surface area (Å²) in [4.78, 5) is 39.0. The van der Waals surface area contributed by atoms with Gasteiger partial charge >= 0.3 is 13.7 Å². The first-order valence-corrected chi connectivity index (χ1v) is 13.5. The standard InChI is InChI=1S/C22H30N3O7PS/c1-12(2)31-33(30,32-13(3)4)24-16(15-9-7-6-8-10-15)19(26)23-17-20(27)25-18(22(28)29)14(5)11-34-21(17)25/h6-10,12-13,16-17,21H,11H2,1-5H3,(H,23,26)(H,24,30)(H,28,29)/t16?,17?,21-/m0/s1. The second kappa shape index (κ2) is 10.6. The molecule has 0 saturated carbocycles. The van der Waals surface area contributed by atoms with Crippen LogP contribution in [0.2, 0.25) is 0 Å². The van der Waals surface area contributed by atoms with Crippen molar-refractivity contribution >= 4 is 37.3 Å². The number of carboxylic acid groups (broad SMARTS) is 1. The van der Waals surface area contributed by atoms with Crippen LogP contribution in [0.5, 0.6) is 0 Å². The van der Waals surface area contributed by atoms with Gasteiger partial charge in [-0.05, 0) is 45.8 Å². The van der Waals surface area contributed by atoms with Gasteiger partial charge in [0.2, 0.25) is 5.91 Å². The van der Waals surface area contributed by atoms with E-state index in [0.29, 0.717) is 16.9 Å². The van der Waals surface area contributed by atoms with Gasteiger partial charge in [-0.3, -0.25) is 23.5 Å². The predicted molar refractivity (Wildman–Crippen MR) is 128 cm³/mol. The van der Waals surface area contributed by atoms with E-state index in [9.17, 15) is 24.1 Å². The van der Waals surface area contributed by atoms with E-state index in [1.54, 1.807) is 65.0 Å². The van der Waals surface area contributed by atoms with Crippen molar-refractivity contribution in [3.63, 3.8) is 0 Å². The molecule has 0 aliphatic carbocycles. The normalized spacial score (nSPS) is 21.4. The van der Waals surface area contributed by atoms with E-state index in [0.717, 1.165) is 0 Å². The minimum atomic E-state index is -3.91. The molecule has 1 fully saturated rings. The summed E-state index contributed by atoms with van der Waals surface area (Å²) in [5.74, 6) is -1.85. The van der Waals surface area contributed by atoms with Crippen molar-refractivity contribution in [1.82, 2.24) is 15.3 Å². The summed E-state index contributed by atoms with van der Waals surface area (Å²) < 4.78 is 24.5. The minimum Gasteiger partial charge on any atom is -0.477 e. The highest BCUT2D eigenvalue weighted by Gasteiger charge is 2.54. The Morgan fingerprint density at radius 2 is 1.74 bits per heavy atom. The molecule has 12 heteroatoms. The van der Waals surface area contributed by atoms with E-state index in [1.165, 1.54) is 16.7 Å². The summed E-state index contributed by atoms with van der Waals surface area (Å²) in [5, 5.41) is 14.4. The first-order chi connectivity index (χ1) is 15.9. The topological polar surface area (TPSA) is 134 Å². The number of benzene rings is 1. The van der Waals surface area contributed by atoms with Gasteiger partial charge in [-0.2, -0.15) is 0 Å². The summed E-state index contributed by atoms with van der Waals surface area (Å²) in [7, 11) is -3.91. The molecular weight excluding hydrogens is 481 g/mol. The summed E-state index contributed by atoms with van der Waals surface area (Å²) in [6.07, 6.45) is -0.886. The van der Waals surface area contributed by atoms with Crippen LogP contribution in [0.1, 0.15) is 46.2 Å². The third-order valence-electron chi connectivity index (χ3n) is 5.04. The predicted octanol–water partition coefficient (Wildman–Crippen LogP) is 3.03. The van der Waals surface area contributed by atoms with Crippen molar-refractivity contribution in [1.29, 1.82) is 0 Å². The van der Waals surface area contributed by atoms with Crippen LogP contribution in [-0.4, -0.2) is 57.2 Å². The monoisotopic (exact) mass is 511 g/mol. The largest absolute Gasteiger partial charge is 0.477 e. The molecule has 1 saturated heterocycles. The zero-order valence-corrected chi connectivity index (χ0v) is 21.4. The van der Waals surface area contributed by atoms with Crippen LogP contribution in [0.25, 0.3) is 0 Å². The van der Waals surface area contributed by atoms with Crippen molar-refractivity contribution in [3.05, 3.63) is 47.2 Å². The lowest BCUT2D eigenvalue weighted by Crippen LogP contribution is -2.71. The van der Waals surface area contributed by atoms with Crippen LogP contribution >= 0.6 is 19.5 Å². The molecule has 186 valence electrons. The van der Waals surface area contributed by atoms with Crippen LogP contribution in [-0.2, 0) is 28.0 Å². The number of thioether (sulfide) groups is 1. The number of nitrogens with one attached hydrogen (secondary N) is 2. The fraction of sp³-hybridized carbons (Fsp3) is 0.500.